The Morgan fingerprint density at radius 3 is 2.39 bits per heavy atom. The van der Waals surface area contributed by atoms with Crippen molar-refractivity contribution < 1.29 is 48.0 Å². The highest BCUT2D eigenvalue weighted by Crippen LogP contribution is 2.54. The fourth-order valence-electron chi connectivity index (χ4n) is 6.98. The smallest absolute Gasteiger partial charge is 0.417 e. The van der Waals surface area contributed by atoms with Gasteiger partial charge >= 0.3 is 6.18 Å². The Morgan fingerprint density at radius 2 is 1.80 bits per heavy atom. The summed E-state index contributed by atoms with van der Waals surface area (Å²) in [5.74, 6) is -9.11. The van der Waals surface area contributed by atoms with Crippen molar-refractivity contribution in [3.8, 4) is 5.75 Å². The van der Waals surface area contributed by atoms with E-state index in [0.717, 1.165) is 11.6 Å². The minimum Gasteiger partial charge on any atom is -0.508 e. The number of carbonyl (C=O) groups excluding carboxylic acids is 3. The molecule has 3 aliphatic carbocycles. The topological polar surface area (TPSA) is 173 Å². The van der Waals surface area contributed by atoms with Gasteiger partial charge in [-0.05, 0) is 68.6 Å². The van der Waals surface area contributed by atoms with Crippen molar-refractivity contribution in [2.75, 3.05) is 20.6 Å². The van der Waals surface area contributed by atoms with Crippen LogP contribution in [-0.4, -0.2) is 75.1 Å². The predicted octanol–water partition coefficient (Wildman–Crippen LogP) is 2.32. The summed E-state index contributed by atoms with van der Waals surface area (Å²) in [4.78, 5) is 40.5. The molecule has 2 aromatic rings. The fraction of sp³-hybridized carbons (Fsp3) is 0.387. The second kappa shape index (κ2) is 11.1. The number of nitrogens with zero attached hydrogens (tertiary/aromatic N) is 1. The van der Waals surface area contributed by atoms with Gasteiger partial charge in [0.2, 0.25) is 5.78 Å². The standard InChI is InChI=1S/C31H32F3N3O7/c1-37(2)24-18-11-15-10-17-21(25(39)20(15)27(41)30(18,44)28(42)22(26(24)40)29(35)43)19(38)12-16(23(17)31(32,33)34)13-36-9-8-14-6-4-3-5-7-14/h3-7,12,15,18,24,36,38-39,42,44H,8-11,13H2,1-2H3,(H2,35,43)/t15-,18-,24-,30-/m0/s1. The molecule has 0 saturated heterocycles. The van der Waals surface area contributed by atoms with Crippen LogP contribution in [0, 0.1) is 11.8 Å². The van der Waals surface area contributed by atoms with Crippen molar-refractivity contribution in [1.82, 2.24) is 10.2 Å². The van der Waals surface area contributed by atoms with Crippen LogP contribution in [0.25, 0.3) is 5.76 Å². The monoisotopic (exact) mass is 615 g/mol. The van der Waals surface area contributed by atoms with E-state index in [1.165, 1.54) is 19.0 Å². The quantitative estimate of drug-likeness (QED) is 0.202. The van der Waals surface area contributed by atoms with E-state index >= 15 is 0 Å². The number of amides is 1. The Labute approximate surface area is 250 Å². The number of likely N-dealkylation sites (N-methyl/N-ethyl adjacent to an activating group) is 1. The van der Waals surface area contributed by atoms with Crippen molar-refractivity contribution in [2.45, 2.75) is 43.6 Å². The van der Waals surface area contributed by atoms with Crippen LogP contribution in [-0.2, 0) is 39.9 Å². The van der Waals surface area contributed by atoms with Gasteiger partial charge in [-0.15, -0.1) is 0 Å². The maximum absolute atomic E-state index is 14.6. The molecule has 0 aromatic heterocycles. The number of nitrogens with two attached hydrogens (primary N) is 1. The van der Waals surface area contributed by atoms with Crippen molar-refractivity contribution in [3.63, 3.8) is 0 Å². The Balaban J connectivity index is 1.60. The van der Waals surface area contributed by atoms with Crippen LogP contribution in [0.1, 0.15) is 34.2 Å². The van der Waals surface area contributed by atoms with Gasteiger partial charge in [-0.2, -0.15) is 13.2 Å². The number of phenols is 1. The summed E-state index contributed by atoms with van der Waals surface area (Å²) in [6.45, 7) is 0.0910. The molecule has 13 heteroatoms. The lowest BCUT2D eigenvalue weighted by molar-refractivity contribution is -0.153. The zero-order valence-electron chi connectivity index (χ0n) is 23.9. The van der Waals surface area contributed by atoms with Gasteiger partial charge in [-0.1, -0.05) is 30.3 Å². The zero-order valence-corrected chi connectivity index (χ0v) is 23.9. The number of alkyl halides is 3. The Hall–Kier alpha value is -4.20. The number of ketones is 2. The fourth-order valence-corrected chi connectivity index (χ4v) is 6.98. The number of hydrogen-bond acceptors (Lipinski definition) is 9. The van der Waals surface area contributed by atoms with E-state index in [1.807, 2.05) is 30.3 Å². The molecule has 0 spiro atoms. The van der Waals surface area contributed by atoms with E-state index < -0.39 is 98.7 Å². The summed E-state index contributed by atoms with van der Waals surface area (Å²) < 4.78 is 43.9. The molecule has 1 fully saturated rings. The lowest BCUT2D eigenvalue weighted by Gasteiger charge is -2.50. The SMILES string of the molecule is CN(C)[C@@H]1C(=O)C(C(N)=O)=C(O)[C@@]2(O)C(=O)C3=C(O)c4c(O)cc(CNCCc5ccccc5)c(C(F)(F)F)c4C[C@H]3C[C@@H]12. The number of aromatic hydroxyl groups is 1. The number of Topliss-reactive ketones (excluding diaryl/α,β-unsaturated/α-hetero) is 2. The van der Waals surface area contributed by atoms with E-state index in [4.69, 9.17) is 5.73 Å². The largest absolute Gasteiger partial charge is 0.508 e. The molecule has 0 radical (unpaired) electrons. The molecule has 2 aromatic carbocycles. The molecule has 5 rings (SSSR count). The van der Waals surface area contributed by atoms with E-state index in [-0.39, 0.29) is 18.5 Å². The maximum Gasteiger partial charge on any atom is 0.417 e. The number of phenolic OH excluding ortho intramolecular Hbond substituents is 1. The number of rotatable bonds is 7. The number of hydrogen-bond donors (Lipinski definition) is 6. The van der Waals surface area contributed by atoms with E-state index in [9.17, 15) is 48.0 Å². The van der Waals surface area contributed by atoms with Gasteiger partial charge in [0.05, 0.1) is 17.2 Å². The lowest BCUT2D eigenvalue weighted by Crippen LogP contribution is -2.65. The number of carbonyl (C=O) groups is 3. The van der Waals surface area contributed by atoms with Crippen LogP contribution in [0.4, 0.5) is 13.2 Å². The number of aliphatic hydroxyl groups is 3. The lowest BCUT2D eigenvalue weighted by atomic mass is 9.57. The molecule has 234 valence electrons. The van der Waals surface area contributed by atoms with Crippen LogP contribution >= 0.6 is 0 Å². The molecule has 0 aliphatic heterocycles. The van der Waals surface area contributed by atoms with Gasteiger partial charge in [0.25, 0.3) is 5.91 Å². The first-order valence-electron chi connectivity index (χ1n) is 13.9. The molecule has 0 unspecified atom stereocenters. The number of aliphatic hydroxyl groups excluding tert-OH is 2. The molecule has 7 N–H and O–H groups in total. The van der Waals surface area contributed by atoms with Gasteiger partial charge < -0.3 is 31.5 Å². The highest BCUT2D eigenvalue weighted by Gasteiger charge is 2.64. The Kier molecular flexibility index (Phi) is 7.85. The third kappa shape index (κ3) is 4.84. The second-order valence-corrected chi connectivity index (χ2v) is 11.7. The Bertz CT molecular complexity index is 1620. The van der Waals surface area contributed by atoms with Crippen molar-refractivity contribution in [3.05, 3.63) is 81.1 Å². The summed E-state index contributed by atoms with van der Waals surface area (Å²) in [5.41, 5.74) is -0.461. The van der Waals surface area contributed by atoms with Crippen molar-refractivity contribution >= 4 is 23.2 Å². The summed E-state index contributed by atoms with van der Waals surface area (Å²) in [7, 11) is 2.87. The van der Waals surface area contributed by atoms with E-state index in [0.29, 0.717) is 13.0 Å². The highest BCUT2D eigenvalue weighted by molar-refractivity contribution is 6.24. The van der Waals surface area contributed by atoms with Crippen molar-refractivity contribution in [1.29, 1.82) is 0 Å². The van der Waals surface area contributed by atoms with Gasteiger partial charge in [0.1, 0.15) is 22.8 Å². The summed E-state index contributed by atoms with van der Waals surface area (Å²) in [6, 6.07) is 8.86. The number of halogens is 3. The van der Waals surface area contributed by atoms with E-state index in [2.05, 4.69) is 5.32 Å². The molecule has 44 heavy (non-hydrogen) atoms. The van der Waals surface area contributed by atoms with Crippen LogP contribution in [0.2, 0.25) is 0 Å². The molecule has 1 amide bonds. The number of fused-ring (bicyclic) bond motifs is 3. The number of nitrogens with one attached hydrogen (secondary N) is 1. The van der Waals surface area contributed by atoms with Crippen molar-refractivity contribution in [2.24, 2.45) is 17.6 Å². The zero-order chi connectivity index (χ0) is 32.3. The molecule has 3 aliphatic rings. The highest BCUT2D eigenvalue weighted by atomic mass is 19.4. The third-order valence-electron chi connectivity index (χ3n) is 8.84. The van der Waals surface area contributed by atoms with Crippen LogP contribution < -0.4 is 11.1 Å². The summed E-state index contributed by atoms with van der Waals surface area (Å²) >= 11 is 0. The molecule has 4 atom stereocenters. The van der Waals surface area contributed by atoms with Crippen LogP contribution in [0.3, 0.4) is 0 Å². The third-order valence-corrected chi connectivity index (χ3v) is 8.84. The minimum atomic E-state index is -4.91. The molecule has 1 saturated carbocycles. The Morgan fingerprint density at radius 1 is 1.14 bits per heavy atom. The molecule has 10 nitrogen and oxygen atoms in total. The van der Waals surface area contributed by atoms with Crippen LogP contribution in [0.5, 0.6) is 5.75 Å². The molecule has 0 bridgehead atoms. The first kappa shape index (κ1) is 31.2. The molecular formula is C31H32F3N3O7. The molecular weight excluding hydrogens is 583 g/mol. The van der Waals surface area contributed by atoms with Gasteiger partial charge in [0, 0.05) is 18.0 Å². The average Bonchev–Trinajstić information content (AvgIpc) is 2.92. The summed E-state index contributed by atoms with van der Waals surface area (Å²) in [6.07, 6.45) is -5.14. The first-order chi connectivity index (χ1) is 20.6. The first-order valence-corrected chi connectivity index (χ1v) is 13.9. The molecule has 0 heterocycles. The predicted molar refractivity (Wildman–Crippen MR) is 151 cm³/mol. The van der Waals surface area contributed by atoms with E-state index in [1.54, 1.807) is 0 Å². The maximum atomic E-state index is 14.6. The minimum absolute atomic E-state index is 0.252. The number of benzene rings is 2. The van der Waals surface area contributed by atoms with Crippen LogP contribution in [0.15, 0.2) is 53.3 Å². The van der Waals surface area contributed by atoms with Gasteiger partial charge in [0.15, 0.2) is 11.4 Å². The van der Waals surface area contributed by atoms with Gasteiger partial charge in [-0.3, -0.25) is 19.3 Å². The average molecular weight is 616 g/mol. The normalized spacial score (nSPS) is 25.2. The second-order valence-electron chi connectivity index (χ2n) is 11.7. The summed E-state index contributed by atoms with van der Waals surface area (Å²) in [5, 5.41) is 47.6. The van der Waals surface area contributed by atoms with Gasteiger partial charge in [-0.25, -0.2) is 0 Å². The number of primary amides is 1.